The van der Waals surface area contributed by atoms with Gasteiger partial charge in [-0.25, -0.2) is 0 Å². The van der Waals surface area contributed by atoms with Gasteiger partial charge in [0.2, 0.25) is 0 Å². The normalized spacial score (nSPS) is 11.6. The Morgan fingerprint density at radius 1 is 1.44 bits per heavy atom. The van der Waals surface area contributed by atoms with Gasteiger partial charge in [0.1, 0.15) is 11.8 Å². The zero-order valence-corrected chi connectivity index (χ0v) is 10.9. The van der Waals surface area contributed by atoms with Crippen molar-refractivity contribution in [2.75, 3.05) is 11.9 Å². The monoisotopic (exact) mass is 258 g/mol. The average molecular weight is 258 g/mol. The molecule has 1 N–H and O–H groups in total. The number of nitriles is 1. The Bertz CT molecular complexity index is 531. The Morgan fingerprint density at radius 3 is 3.06 bits per heavy atom. The number of nitrogens with one attached hydrogen (secondary N) is 1. The molecule has 18 heavy (non-hydrogen) atoms. The Labute approximate surface area is 111 Å². The average Bonchev–Trinajstić information content (AvgIpc) is 2.91. The fraction of sp³-hybridized carbons (Fsp3) is 0.214. The van der Waals surface area contributed by atoms with E-state index in [1.165, 1.54) is 5.56 Å². The summed E-state index contributed by atoms with van der Waals surface area (Å²) in [5.74, 6) is 0.707. The van der Waals surface area contributed by atoms with Crippen LogP contribution in [-0.2, 0) is 0 Å². The third-order valence-electron chi connectivity index (χ3n) is 2.56. The number of benzene rings is 1. The van der Waals surface area contributed by atoms with Crippen molar-refractivity contribution in [1.29, 1.82) is 5.26 Å². The van der Waals surface area contributed by atoms with Crippen LogP contribution in [0.2, 0.25) is 0 Å². The molecule has 1 aromatic carbocycles. The summed E-state index contributed by atoms with van der Waals surface area (Å²) in [6.07, 6.45) is 0. The van der Waals surface area contributed by atoms with Gasteiger partial charge in [0.15, 0.2) is 6.61 Å². The lowest BCUT2D eigenvalue weighted by atomic mass is 10.1. The van der Waals surface area contributed by atoms with Crippen LogP contribution in [0.5, 0.6) is 5.75 Å². The van der Waals surface area contributed by atoms with E-state index < -0.39 is 0 Å². The topological polar surface area (TPSA) is 45.0 Å². The highest BCUT2D eigenvalue weighted by Crippen LogP contribution is 2.23. The van der Waals surface area contributed by atoms with Crippen LogP contribution in [-0.4, -0.2) is 6.61 Å². The number of hydrogen-bond donors (Lipinski definition) is 1. The molecular weight excluding hydrogens is 244 g/mol. The molecule has 1 heterocycles. The van der Waals surface area contributed by atoms with Gasteiger partial charge in [0, 0.05) is 17.8 Å². The maximum Gasteiger partial charge on any atom is 0.174 e. The number of rotatable bonds is 5. The summed E-state index contributed by atoms with van der Waals surface area (Å²) in [7, 11) is 0. The van der Waals surface area contributed by atoms with E-state index in [1.54, 1.807) is 11.3 Å². The largest absolute Gasteiger partial charge is 0.479 e. The van der Waals surface area contributed by atoms with Crippen LogP contribution in [0.25, 0.3) is 0 Å². The van der Waals surface area contributed by atoms with Crippen LogP contribution in [0.3, 0.4) is 0 Å². The minimum absolute atomic E-state index is 0.0730. The Morgan fingerprint density at radius 2 is 2.33 bits per heavy atom. The lowest BCUT2D eigenvalue weighted by Gasteiger charge is -2.14. The van der Waals surface area contributed by atoms with Gasteiger partial charge in [0.05, 0.1) is 0 Å². The summed E-state index contributed by atoms with van der Waals surface area (Å²) in [5, 5.41) is 16.1. The lowest BCUT2D eigenvalue weighted by molar-refractivity contribution is 0.368. The van der Waals surface area contributed by atoms with E-state index in [0.29, 0.717) is 5.75 Å². The summed E-state index contributed by atoms with van der Waals surface area (Å²) in [5.41, 5.74) is 2.26. The van der Waals surface area contributed by atoms with E-state index in [2.05, 4.69) is 29.1 Å². The second-order valence-electron chi connectivity index (χ2n) is 3.90. The first kappa shape index (κ1) is 12.5. The zero-order chi connectivity index (χ0) is 12.8. The number of thiophene rings is 1. The van der Waals surface area contributed by atoms with Crippen molar-refractivity contribution >= 4 is 17.0 Å². The summed E-state index contributed by atoms with van der Waals surface area (Å²) in [6, 6.07) is 12.0. The molecule has 2 aromatic rings. The second-order valence-corrected chi connectivity index (χ2v) is 4.68. The Hall–Kier alpha value is -1.99. The van der Waals surface area contributed by atoms with Crippen LogP contribution in [0.1, 0.15) is 18.5 Å². The standard InChI is InChI=1S/C14H14N2OS/c1-11(12-5-8-18-10-12)16-13-3-2-4-14(9-13)17-7-6-15/h2-5,8-11,16H,7H2,1H3. The van der Waals surface area contributed by atoms with E-state index in [9.17, 15) is 0 Å². The van der Waals surface area contributed by atoms with Crippen molar-refractivity contribution in [3.63, 3.8) is 0 Å². The second kappa shape index (κ2) is 6.08. The molecule has 0 fully saturated rings. The fourth-order valence-corrected chi connectivity index (χ4v) is 2.40. The summed E-state index contributed by atoms with van der Waals surface area (Å²) < 4.78 is 5.27. The van der Waals surface area contributed by atoms with Gasteiger partial charge in [-0.3, -0.25) is 0 Å². The van der Waals surface area contributed by atoms with Gasteiger partial charge in [-0.1, -0.05) is 6.07 Å². The zero-order valence-electron chi connectivity index (χ0n) is 10.1. The molecule has 0 spiro atoms. The molecule has 0 aliphatic carbocycles. The number of nitrogens with zero attached hydrogens (tertiary/aromatic N) is 1. The van der Waals surface area contributed by atoms with Crippen molar-refractivity contribution in [1.82, 2.24) is 0 Å². The van der Waals surface area contributed by atoms with Crippen LogP contribution in [0, 0.1) is 11.3 Å². The predicted octanol–water partition coefficient (Wildman–Crippen LogP) is 3.82. The molecule has 0 radical (unpaired) electrons. The molecule has 0 aliphatic rings. The van der Waals surface area contributed by atoms with Crippen LogP contribution < -0.4 is 10.1 Å². The van der Waals surface area contributed by atoms with Crippen molar-refractivity contribution in [2.24, 2.45) is 0 Å². The van der Waals surface area contributed by atoms with Crippen LogP contribution in [0.4, 0.5) is 5.69 Å². The van der Waals surface area contributed by atoms with E-state index >= 15 is 0 Å². The van der Waals surface area contributed by atoms with Gasteiger partial charge in [-0.15, -0.1) is 0 Å². The molecule has 0 amide bonds. The van der Waals surface area contributed by atoms with Gasteiger partial charge in [-0.2, -0.15) is 16.6 Å². The predicted molar refractivity (Wildman–Crippen MR) is 73.9 cm³/mol. The van der Waals surface area contributed by atoms with Crippen molar-refractivity contribution < 1.29 is 4.74 Å². The van der Waals surface area contributed by atoms with E-state index in [4.69, 9.17) is 10.00 Å². The molecule has 0 bridgehead atoms. The van der Waals surface area contributed by atoms with Gasteiger partial charge >= 0.3 is 0 Å². The van der Waals surface area contributed by atoms with Crippen LogP contribution >= 0.6 is 11.3 Å². The van der Waals surface area contributed by atoms with Gasteiger partial charge in [-0.05, 0) is 41.4 Å². The summed E-state index contributed by atoms with van der Waals surface area (Å²) in [4.78, 5) is 0. The molecule has 4 heteroatoms. The quantitative estimate of drug-likeness (QED) is 0.886. The van der Waals surface area contributed by atoms with E-state index in [1.807, 2.05) is 30.3 Å². The number of anilines is 1. The van der Waals surface area contributed by atoms with E-state index in [-0.39, 0.29) is 12.6 Å². The maximum absolute atomic E-state index is 8.48. The molecule has 1 unspecified atom stereocenters. The highest BCUT2D eigenvalue weighted by Gasteiger charge is 2.05. The first-order valence-electron chi connectivity index (χ1n) is 5.68. The molecular formula is C14H14N2OS. The SMILES string of the molecule is CC(Nc1cccc(OCC#N)c1)c1ccsc1. The first-order valence-corrected chi connectivity index (χ1v) is 6.62. The van der Waals surface area contributed by atoms with Crippen LogP contribution in [0.15, 0.2) is 41.1 Å². The summed E-state index contributed by atoms with van der Waals surface area (Å²) in [6.45, 7) is 2.19. The smallest absolute Gasteiger partial charge is 0.174 e. The van der Waals surface area contributed by atoms with Gasteiger partial charge < -0.3 is 10.1 Å². The molecule has 3 nitrogen and oxygen atoms in total. The van der Waals surface area contributed by atoms with Crippen molar-refractivity contribution in [2.45, 2.75) is 13.0 Å². The van der Waals surface area contributed by atoms with Gasteiger partial charge in [0.25, 0.3) is 0 Å². The molecule has 0 saturated carbocycles. The summed E-state index contributed by atoms with van der Waals surface area (Å²) >= 11 is 1.69. The molecule has 1 atom stereocenters. The minimum Gasteiger partial charge on any atom is -0.479 e. The molecule has 0 aliphatic heterocycles. The molecule has 1 aromatic heterocycles. The highest BCUT2D eigenvalue weighted by molar-refractivity contribution is 7.07. The highest BCUT2D eigenvalue weighted by atomic mass is 32.1. The maximum atomic E-state index is 8.48. The molecule has 92 valence electrons. The molecule has 0 saturated heterocycles. The Balaban J connectivity index is 2.03. The molecule has 2 rings (SSSR count). The van der Waals surface area contributed by atoms with Crippen molar-refractivity contribution in [3.05, 3.63) is 46.7 Å². The third-order valence-corrected chi connectivity index (χ3v) is 3.27. The number of hydrogen-bond acceptors (Lipinski definition) is 4. The van der Waals surface area contributed by atoms with Crippen molar-refractivity contribution in [3.8, 4) is 11.8 Å². The minimum atomic E-state index is 0.0730. The van der Waals surface area contributed by atoms with E-state index in [0.717, 1.165) is 5.69 Å². The third kappa shape index (κ3) is 3.25. The fourth-order valence-electron chi connectivity index (χ4n) is 1.65. The lowest BCUT2D eigenvalue weighted by Crippen LogP contribution is -2.05. The number of ether oxygens (including phenoxy) is 1. The Kier molecular flexibility index (Phi) is 4.21. The first-order chi connectivity index (χ1) is 8.79.